The lowest BCUT2D eigenvalue weighted by Gasteiger charge is -2.15. The Morgan fingerprint density at radius 2 is 2.19 bits per heavy atom. The highest BCUT2D eigenvalue weighted by molar-refractivity contribution is 7.80. The van der Waals surface area contributed by atoms with Gasteiger partial charge in [0.1, 0.15) is 0 Å². The van der Waals surface area contributed by atoms with Crippen molar-refractivity contribution in [3.63, 3.8) is 0 Å². The number of hydrogen-bond donors (Lipinski definition) is 1. The molecule has 1 aromatic carbocycles. The fourth-order valence-electron chi connectivity index (χ4n) is 1.35. The minimum atomic E-state index is 0.709. The monoisotopic (exact) mass is 251 g/mol. The van der Waals surface area contributed by atoms with Crippen molar-refractivity contribution in [2.24, 2.45) is 0 Å². The topological polar surface area (TPSA) is 28.2 Å². The van der Waals surface area contributed by atoms with Crippen LogP contribution in [0.4, 0.5) is 5.69 Å². The summed E-state index contributed by atoms with van der Waals surface area (Å²) in [6.07, 6.45) is 0. The Hall–Kier alpha value is -1.20. The smallest absolute Gasteiger partial charge is 0.172 e. The second-order valence-electron chi connectivity index (χ2n) is 3.74. The van der Waals surface area contributed by atoms with Gasteiger partial charge in [0.2, 0.25) is 0 Å². The van der Waals surface area contributed by atoms with E-state index in [1.54, 1.807) is 11.3 Å². The maximum absolute atomic E-state index is 5.19. The van der Waals surface area contributed by atoms with E-state index < -0.39 is 0 Å². The van der Waals surface area contributed by atoms with E-state index in [1.807, 2.05) is 38.1 Å². The van der Waals surface area contributed by atoms with Gasteiger partial charge in [0.25, 0.3) is 0 Å². The fourth-order valence-corrected chi connectivity index (χ4v) is 2.34. The number of aryl methyl sites for hydroxylation is 1. The Morgan fingerprint density at radius 3 is 2.88 bits per heavy atom. The Balaban J connectivity index is 2.29. The number of aromatic nitrogens is 1. The van der Waals surface area contributed by atoms with Crippen LogP contribution in [0.2, 0.25) is 0 Å². The Bertz CT molecular complexity index is 531. The molecule has 2 aromatic rings. The van der Waals surface area contributed by atoms with Gasteiger partial charge in [-0.05, 0) is 37.3 Å². The van der Waals surface area contributed by atoms with E-state index in [0.29, 0.717) is 5.11 Å². The van der Waals surface area contributed by atoms with Crippen LogP contribution in [0, 0.1) is 6.92 Å². The lowest BCUT2D eigenvalue weighted by atomic mass is 10.3. The van der Waals surface area contributed by atoms with Crippen molar-refractivity contribution in [1.82, 2.24) is 9.88 Å². The normalized spacial score (nSPS) is 10.4. The van der Waals surface area contributed by atoms with E-state index in [1.165, 1.54) is 4.70 Å². The van der Waals surface area contributed by atoms with E-state index >= 15 is 0 Å². The second-order valence-corrected chi connectivity index (χ2v) is 5.36. The zero-order chi connectivity index (χ0) is 11.7. The number of thiocarbonyl (C=S) groups is 1. The van der Waals surface area contributed by atoms with E-state index in [0.717, 1.165) is 16.2 Å². The van der Waals surface area contributed by atoms with E-state index in [4.69, 9.17) is 12.2 Å². The minimum absolute atomic E-state index is 0.709. The number of fused-ring (bicyclic) bond motifs is 1. The lowest BCUT2D eigenvalue weighted by molar-refractivity contribution is 0.634. The molecule has 0 amide bonds. The molecule has 0 aliphatic carbocycles. The molecule has 5 heteroatoms. The highest BCUT2D eigenvalue weighted by Crippen LogP contribution is 2.24. The molecular formula is C11H13N3S2. The SMILES string of the molecule is Cc1nc2ccc(NC(=S)N(C)C)cc2s1. The van der Waals surface area contributed by atoms with E-state index in [2.05, 4.69) is 16.4 Å². The maximum atomic E-state index is 5.19. The third kappa shape index (κ3) is 2.31. The molecule has 0 atom stereocenters. The predicted octanol–water partition coefficient (Wildman–Crippen LogP) is 2.86. The quantitative estimate of drug-likeness (QED) is 0.789. The third-order valence-corrected chi connectivity index (χ3v) is 3.55. The summed E-state index contributed by atoms with van der Waals surface area (Å²) in [5.41, 5.74) is 2.05. The number of benzene rings is 1. The lowest BCUT2D eigenvalue weighted by Crippen LogP contribution is -2.26. The van der Waals surface area contributed by atoms with Gasteiger partial charge in [-0.1, -0.05) is 0 Å². The Morgan fingerprint density at radius 1 is 1.44 bits per heavy atom. The Labute approximate surface area is 104 Å². The second kappa shape index (κ2) is 4.35. The molecule has 0 radical (unpaired) electrons. The Kier molecular flexibility index (Phi) is 3.07. The van der Waals surface area contributed by atoms with Crippen molar-refractivity contribution in [2.75, 3.05) is 19.4 Å². The molecule has 0 aliphatic rings. The van der Waals surface area contributed by atoms with Gasteiger partial charge in [0.15, 0.2) is 5.11 Å². The predicted molar refractivity (Wildman–Crippen MR) is 74.3 cm³/mol. The van der Waals surface area contributed by atoms with Crippen molar-refractivity contribution in [2.45, 2.75) is 6.92 Å². The molecule has 0 bridgehead atoms. The molecule has 0 aliphatic heterocycles. The first kappa shape index (κ1) is 11.3. The van der Waals surface area contributed by atoms with Gasteiger partial charge in [0.05, 0.1) is 15.2 Å². The average molecular weight is 251 g/mol. The number of anilines is 1. The highest BCUT2D eigenvalue weighted by atomic mass is 32.1. The van der Waals surface area contributed by atoms with Gasteiger partial charge in [-0.15, -0.1) is 11.3 Å². The highest BCUT2D eigenvalue weighted by Gasteiger charge is 2.03. The molecule has 2 rings (SSSR count). The summed E-state index contributed by atoms with van der Waals surface area (Å²) in [7, 11) is 3.84. The van der Waals surface area contributed by atoms with Gasteiger partial charge in [0, 0.05) is 19.8 Å². The van der Waals surface area contributed by atoms with Crippen LogP contribution in [-0.4, -0.2) is 29.1 Å². The van der Waals surface area contributed by atoms with Crippen molar-refractivity contribution < 1.29 is 0 Å². The number of nitrogens with one attached hydrogen (secondary N) is 1. The van der Waals surface area contributed by atoms with Crippen molar-refractivity contribution in [3.05, 3.63) is 23.2 Å². The van der Waals surface area contributed by atoms with Gasteiger partial charge < -0.3 is 10.2 Å². The first-order valence-corrected chi connectivity index (χ1v) is 6.14. The zero-order valence-corrected chi connectivity index (χ0v) is 11.1. The summed E-state index contributed by atoms with van der Waals surface area (Å²) < 4.78 is 1.18. The van der Waals surface area contributed by atoms with Gasteiger partial charge in [-0.3, -0.25) is 0 Å². The minimum Gasteiger partial charge on any atom is -0.355 e. The summed E-state index contributed by atoms with van der Waals surface area (Å²) in [6, 6.07) is 6.09. The molecule has 3 nitrogen and oxygen atoms in total. The first-order valence-electron chi connectivity index (χ1n) is 4.92. The standard InChI is InChI=1S/C11H13N3S2/c1-7-12-9-5-4-8(6-10(9)16-7)13-11(15)14(2)3/h4-6H,1-3H3,(H,13,15). The number of thiazole rings is 1. The molecule has 1 heterocycles. The van der Waals surface area contributed by atoms with Crippen LogP contribution in [0.25, 0.3) is 10.2 Å². The van der Waals surface area contributed by atoms with Gasteiger partial charge in [-0.25, -0.2) is 4.98 Å². The summed E-state index contributed by atoms with van der Waals surface area (Å²) in [5, 5.41) is 4.97. The molecule has 16 heavy (non-hydrogen) atoms. The maximum Gasteiger partial charge on any atom is 0.172 e. The number of hydrogen-bond acceptors (Lipinski definition) is 3. The summed E-state index contributed by atoms with van der Waals surface area (Å²) in [4.78, 5) is 6.29. The number of rotatable bonds is 1. The van der Waals surface area contributed by atoms with E-state index in [9.17, 15) is 0 Å². The van der Waals surface area contributed by atoms with Crippen molar-refractivity contribution in [3.8, 4) is 0 Å². The van der Waals surface area contributed by atoms with Crippen LogP contribution in [0.3, 0.4) is 0 Å². The van der Waals surface area contributed by atoms with Gasteiger partial charge >= 0.3 is 0 Å². The van der Waals surface area contributed by atoms with Crippen LogP contribution < -0.4 is 5.32 Å². The molecule has 0 fully saturated rings. The first-order chi connectivity index (χ1) is 7.56. The molecule has 1 aromatic heterocycles. The molecule has 0 saturated carbocycles. The van der Waals surface area contributed by atoms with Crippen LogP contribution in [0.15, 0.2) is 18.2 Å². The molecule has 0 spiro atoms. The van der Waals surface area contributed by atoms with Gasteiger partial charge in [-0.2, -0.15) is 0 Å². The summed E-state index contributed by atoms with van der Waals surface area (Å²) >= 11 is 6.88. The fraction of sp³-hybridized carbons (Fsp3) is 0.273. The summed E-state index contributed by atoms with van der Waals surface area (Å²) in [6.45, 7) is 2.02. The molecular weight excluding hydrogens is 238 g/mol. The van der Waals surface area contributed by atoms with Crippen molar-refractivity contribution in [1.29, 1.82) is 0 Å². The molecule has 1 N–H and O–H groups in total. The largest absolute Gasteiger partial charge is 0.355 e. The van der Waals surface area contributed by atoms with Crippen LogP contribution in [0.5, 0.6) is 0 Å². The zero-order valence-electron chi connectivity index (χ0n) is 9.44. The number of nitrogens with zero attached hydrogens (tertiary/aromatic N) is 2. The van der Waals surface area contributed by atoms with E-state index in [-0.39, 0.29) is 0 Å². The molecule has 84 valence electrons. The van der Waals surface area contributed by atoms with Crippen LogP contribution in [-0.2, 0) is 0 Å². The third-order valence-electron chi connectivity index (χ3n) is 2.15. The van der Waals surface area contributed by atoms with Crippen LogP contribution >= 0.6 is 23.6 Å². The summed E-state index contributed by atoms with van der Waals surface area (Å²) in [5.74, 6) is 0. The molecule has 0 unspecified atom stereocenters. The van der Waals surface area contributed by atoms with Crippen molar-refractivity contribution >= 4 is 44.6 Å². The van der Waals surface area contributed by atoms with Crippen LogP contribution in [0.1, 0.15) is 5.01 Å². The average Bonchev–Trinajstić information content (AvgIpc) is 2.57. The molecule has 0 saturated heterocycles.